The topological polar surface area (TPSA) is 73.2 Å². The fourth-order valence-electron chi connectivity index (χ4n) is 2.59. The smallest absolute Gasteiger partial charge is 0.381 e. The van der Waals surface area contributed by atoms with Gasteiger partial charge in [-0.2, -0.15) is 18.3 Å². The van der Waals surface area contributed by atoms with Gasteiger partial charge in [-0.3, -0.25) is 9.40 Å². The van der Waals surface area contributed by atoms with E-state index in [0.717, 1.165) is 31.0 Å². The molecule has 1 aliphatic heterocycles. The van der Waals surface area contributed by atoms with Gasteiger partial charge in [-0.05, 0) is 31.0 Å². The Morgan fingerprint density at radius 1 is 1.24 bits per heavy atom. The van der Waals surface area contributed by atoms with Crippen LogP contribution in [-0.4, -0.2) is 31.4 Å². The van der Waals surface area contributed by atoms with Crippen molar-refractivity contribution in [3.63, 3.8) is 0 Å². The molecule has 1 saturated heterocycles. The largest absolute Gasteiger partial charge is 0.416 e. The van der Waals surface area contributed by atoms with Crippen molar-refractivity contribution >= 4 is 15.7 Å². The summed E-state index contributed by atoms with van der Waals surface area (Å²) in [7, 11) is -4.14. The summed E-state index contributed by atoms with van der Waals surface area (Å²) in [6, 6.07) is 3.71. The minimum Gasteiger partial charge on any atom is -0.381 e. The molecule has 6 nitrogen and oxygen atoms in total. The van der Waals surface area contributed by atoms with E-state index in [9.17, 15) is 21.6 Å². The second-order valence-corrected chi connectivity index (χ2v) is 7.37. The van der Waals surface area contributed by atoms with Crippen molar-refractivity contribution in [3.8, 4) is 0 Å². The fourth-order valence-corrected chi connectivity index (χ4v) is 3.67. The Kier molecular flexibility index (Phi) is 4.74. The van der Waals surface area contributed by atoms with Crippen molar-refractivity contribution in [2.45, 2.75) is 30.0 Å². The highest BCUT2D eigenvalue weighted by molar-refractivity contribution is 7.92. The van der Waals surface area contributed by atoms with E-state index < -0.39 is 26.7 Å². The highest BCUT2D eigenvalue weighted by Gasteiger charge is 2.31. The van der Waals surface area contributed by atoms with Crippen molar-refractivity contribution in [3.05, 3.63) is 42.2 Å². The van der Waals surface area contributed by atoms with E-state index in [1.807, 2.05) is 0 Å². The molecule has 1 aliphatic rings. The summed E-state index contributed by atoms with van der Waals surface area (Å²) in [5.41, 5.74) is -0.822. The zero-order chi connectivity index (χ0) is 18.1. The van der Waals surface area contributed by atoms with E-state index in [4.69, 9.17) is 4.74 Å². The number of halogens is 3. The number of sulfonamides is 1. The normalized spacial score (nSPS) is 16.8. The summed E-state index contributed by atoms with van der Waals surface area (Å²) in [4.78, 5) is -0.457. The lowest BCUT2D eigenvalue weighted by Crippen LogP contribution is -2.20. The molecule has 0 spiro atoms. The van der Waals surface area contributed by atoms with Crippen LogP contribution in [0.5, 0.6) is 0 Å². The quantitative estimate of drug-likeness (QED) is 0.892. The molecule has 1 aromatic carbocycles. The molecule has 0 atom stereocenters. The van der Waals surface area contributed by atoms with Gasteiger partial charge in [0.1, 0.15) is 0 Å². The van der Waals surface area contributed by atoms with E-state index in [2.05, 4.69) is 9.82 Å². The lowest BCUT2D eigenvalue weighted by Gasteiger charge is -2.22. The number of anilines is 1. The number of benzene rings is 1. The Balaban J connectivity index is 1.79. The first-order chi connectivity index (χ1) is 11.8. The Morgan fingerprint density at radius 3 is 2.64 bits per heavy atom. The van der Waals surface area contributed by atoms with E-state index >= 15 is 0 Å². The van der Waals surface area contributed by atoms with Gasteiger partial charge >= 0.3 is 6.18 Å². The summed E-state index contributed by atoms with van der Waals surface area (Å²) in [5.74, 6) is 0. The van der Waals surface area contributed by atoms with Gasteiger partial charge in [0.2, 0.25) is 0 Å². The summed E-state index contributed by atoms with van der Waals surface area (Å²) in [6.45, 7) is 1.21. The molecule has 1 fully saturated rings. The molecule has 0 aliphatic carbocycles. The number of ether oxygens (including phenoxy) is 1. The number of hydrogen-bond acceptors (Lipinski definition) is 4. The molecule has 25 heavy (non-hydrogen) atoms. The number of nitrogens with one attached hydrogen (secondary N) is 1. The van der Waals surface area contributed by atoms with Crippen LogP contribution in [0.25, 0.3) is 0 Å². The van der Waals surface area contributed by atoms with Crippen molar-refractivity contribution in [1.29, 1.82) is 0 Å². The number of nitrogens with zero attached hydrogens (tertiary/aromatic N) is 2. The van der Waals surface area contributed by atoms with Crippen LogP contribution >= 0.6 is 0 Å². The van der Waals surface area contributed by atoms with Gasteiger partial charge < -0.3 is 4.74 Å². The van der Waals surface area contributed by atoms with Crippen LogP contribution in [0.3, 0.4) is 0 Å². The maximum absolute atomic E-state index is 12.8. The molecule has 0 saturated carbocycles. The van der Waals surface area contributed by atoms with Crippen molar-refractivity contribution < 1.29 is 26.3 Å². The van der Waals surface area contributed by atoms with Crippen molar-refractivity contribution in [2.24, 2.45) is 0 Å². The van der Waals surface area contributed by atoms with E-state index in [1.165, 1.54) is 12.4 Å². The predicted octanol–water partition coefficient (Wildman–Crippen LogP) is 3.05. The average molecular weight is 375 g/mol. The lowest BCUT2D eigenvalue weighted by atomic mass is 10.1. The SMILES string of the molecule is O=S(=O)(Nc1cnn(C2CCOCC2)c1)c1cccc(C(F)(F)F)c1. The molecule has 136 valence electrons. The first-order valence-corrected chi connectivity index (χ1v) is 9.06. The second kappa shape index (κ2) is 6.68. The molecule has 10 heteroatoms. The number of aromatic nitrogens is 2. The first kappa shape index (κ1) is 17.7. The first-order valence-electron chi connectivity index (χ1n) is 7.58. The number of rotatable bonds is 4. The Morgan fingerprint density at radius 2 is 1.96 bits per heavy atom. The lowest BCUT2D eigenvalue weighted by molar-refractivity contribution is -0.137. The fraction of sp³-hybridized carbons (Fsp3) is 0.400. The third kappa shape index (κ3) is 4.13. The predicted molar refractivity (Wildman–Crippen MR) is 83.6 cm³/mol. The third-order valence-corrected chi connectivity index (χ3v) is 5.27. The molecule has 2 aromatic rings. The van der Waals surface area contributed by atoms with Crippen LogP contribution in [0.1, 0.15) is 24.4 Å². The number of alkyl halides is 3. The van der Waals surface area contributed by atoms with Crippen LogP contribution in [0.15, 0.2) is 41.6 Å². The van der Waals surface area contributed by atoms with Gasteiger partial charge in [-0.25, -0.2) is 8.42 Å². The van der Waals surface area contributed by atoms with E-state index in [1.54, 1.807) is 4.68 Å². The van der Waals surface area contributed by atoms with E-state index in [-0.39, 0.29) is 11.7 Å². The highest BCUT2D eigenvalue weighted by atomic mass is 32.2. The monoisotopic (exact) mass is 375 g/mol. The van der Waals surface area contributed by atoms with Gasteiger partial charge in [0.15, 0.2) is 0 Å². The van der Waals surface area contributed by atoms with Gasteiger partial charge in [0.25, 0.3) is 10.0 Å². The molecule has 1 aromatic heterocycles. The van der Waals surface area contributed by atoms with Gasteiger partial charge in [0.05, 0.1) is 28.4 Å². The Hall–Kier alpha value is -2.07. The van der Waals surface area contributed by atoms with Crippen molar-refractivity contribution in [2.75, 3.05) is 17.9 Å². The summed E-state index contributed by atoms with van der Waals surface area (Å²) in [6.07, 6.45) is -0.218. The molecule has 3 rings (SSSR count). The van der Waals surface area contributed by atoms with Crippen LogP contribution in [-0.2, 0) is 20.9 Å². The summed E-state index contributed by atoms with van der Waals surface area (Å²) in [5, 5.41) is 4.13. The van der Waals surface area contributed by atoms with Gasteiger partial charge in [-0.15, -0.1) is 0 Å². The molecule has 0 amide bonds. The molecule has 0 bridgehead atoms. The zero-order valence-electron chi connectivity index (χ0n) is 13.0. The molecular weight excluding hydrogens is 359 g/mol. The minimum absolute atomic E-state index is 0.112. The second-order valence-electron chi connectivity index (χ2n) is 5.68. The summed E-state index contributed by atoms with van der Waals surface area (Å²) < 4.78 is 72.1. The van der Waals surface area contributed by atoms with Crippen LogP contribution in [0.4, 0.5) is 18.9 Å². The van der Waals surface area contributed by atoms with Crippen LogP contribution in [0, 0.1) is 0 Å². The Bertz CT molecular complexity index is 843. The van der Waals surface area contributed by atoms with E-state index in [0.29, 0.717) is 19.3 Å². The highest BCUT2D eigenvalue weighted by Crippen LogP contribution is 2.31. The molecular formula is C15H16F3N3O3S. The molecule has 2 heterocycles. The van der Waals surface area contributed by atoms with Crippen LogP contribution < -0.4 is 4.72 Å². The third-order valence-electron chi connectivity index (χ3n) is 3.89. The maximum atomic E-state index is 12.8. The molecule has 0 radical (unpaired) electrons. The number of hydrogen-bond donors (Lipinski definition) is 1. The zero-order valence-corrected chi connectivity index (χ0v) is 13.8. The van der Waals surface area contributed by atoms with Crippen molar-refractivity contribution in [1.82, 2.24) is 9.78 Å². The molecule has 1 N–H and O–H groups in total. The minimum atomic E-state index is -4.61. The summed E-state index contributed by atoms with van der Waals surface area (Å²) >= 11 is 0. The maximum Gasteiger partial charge on any atom is 0.416 e. The standard InChI is InChI=1S/C15H16F3N3O3S/c16-15(17,18)11-2-1-3-14(8-11)25(22,23)20-12-9-19-21(10-12)13-4-6-24-7-5-13/h1-3,8-10,13,20H,4-7H2. The van der Waals surface area contributed by atoms with Gasteiger partial charge in [-0.1, -0.05) is 6.07 Å². The van der Waals surface area contributed by atoms with Crippen LogP contribution in [0.2, 0.25) is 0 Å². The molecule has 0 unspecified atom stereocenters. The average Bonchev–Trinajstić information content (AvgIpc) is 3.03. The Labute approximate surface area is 142 Å². The van der Waals surface area contributed by atoms with Gasteiger partial charge in [0, 0.05) is 19.4 Å².